The zero-order chi connectivity index (χ0) is 15.4. The number of carbonyl (C=O) groups excluding carboxylic acids is 1. The molecule has 0 saturated carbocycles. The normalized spacial score (nSPS) is 10.3. The number of hydrogen-bond donors (Lipinski definition) is 1. The SMILES string of the molecule is Cc1cccc(C(=O)NCc2nc(C)cc(N(C)C)n2)c1. The summed E-state index contributed by atoms with van der Waals surface area (Å²) >= 11 is 0. The van der Waals surface area contributed by atoms with Crippen molar-refractivity contribution in [1.29, 1.82) is 0 Å². The van der Waals surface area contributed by atoms with Gasteiger partial charge in [0.2, 0.25) is 0 Å². The molecule has 2 rings (SSSR count). The summed E-state index contributed by atoms with van der Waals surface area (Å²) in [5, 5.41) is 2.85. The molecule has 0 unspecified atom stereocenters. The zero-order valence-electron chi connectivity index (χ0n) is 12.8. The summed E-state index contributed by atoms with van der Waals surface area (Å²) in [6, 6.07) is 9.40. The van der Waals surface area contributed by atoms with Gasteiger partial charge in [-0.1, -0.05) is 17.7 Å². The van der Waals surface area contributed by atoms with Crippen LogP contribution in [-0.2, 0) is 6.54 Å². The molecule has 2 aromatic rings. The second kappa shape index (κ2) is 6.35. The molecule has 1 aromatic heterocycles. The van der Waals surface area contributed by atoms with Crippen LogP contribution in [0, 0.1) is 13.8 Å². The molecule has 0 atom stereocenters. The van der Waals surface area contributed by atoms with E-state index in [0.29, 0.717) is 17.9 Å². The molecule has 1 amide bonds. The smallest absolute Gasteiger partial charge is 0.251 e. The van der Waals surface area contributed by atoms with E-state index in [-0.39, 0.29) is 5.91 Å². The quantitative estimate of drug-likeness (QED) is 0.934. The molecule has 110 valence electrons. The van der Waals surface area contributed by atoms with Crippen LogP contribution in [0.5, 0.6) is 0 Å². The number of nitrogens with zero attached hydrogens (tertiary/aromatic N) is 3. The van der Waals surface area contributed by atoms with Gasteiger partial charge in [0.25, 0.3) is 5.91 Å². The Hall–Kier alpha value is -2.43. The maximum Gasteiger partial charge on any atom is 0.251 e. The molecule has 5 nitrogen and oxygen atoms in total. The molecule has 0 fully saturated rings. The molecule has 1 N–H and O–H groups in total. The van der Waals surface area contributed by atoms with Crippen LogP contribution in [0.1, 0.15) is 27.4 Å². The summed E-state index contributed by atoms with van der Waals surface area (Å²) in [4.78, 5) is 22.8. The average molecular weight is 284 g/mol. The first-order valence-corrected chi connectivity index (χ1v) is 6.82. The average Bonchev–Trinajstić information content (AvgIpc) is 2.44. The highest BCUT2D eigenvalue weighted by Gasteiger charge is 2.08. The van der Waals surface area contributed by atoms with Gasteiger partial charge in [-0.2, -0.15) is 0 Å². The maximum atomic E-state index is 12.1. The molecule has 0 aliphatic rings. The van der Waals surface area contributed by atoms with Crippen molar-refractivity contribution in [2.75, 3.05) is 19.0 Å². The Morgan fingerprint density at radius 2 is 1.95 bits per heavy atom. The lowest BCUT2D eigenvalue weighted by molar-refractivity contribution is 0.0949. The van der Waals surface area contributed by atoms with Crippen LogP contribution in [-0.4, -0.2) is 30.0 Å². The lowest BCUT2D eigenvalue weighted by atomic mass is 10.1. The Bertz CT molecular complexity index is 652. The molecule has 0 bridgehead atoms. The van der Waals surface area contributed by atoms with Crippen LogP contribution >= 0.6 is 0 Å². The summed E-state index contributed by atoms with van der Waals surface area (Å²) in [5.74, 6) is 1.33. The van der Waals surface area contributed by atoms with E-state index >= 15 is 0 Å². The van der Waals surface area contributed by atoms with Crippen LogP contribution in [0.4, 0.5) is 5.82 Å². The van der Waals surface area contributed by atoms with E-state index in [1.807, 2.05) is 57.1 Å². The molecular formula is C16H20N4O. The van der Waals surface area contributed by atoms with Gasteiger partial charge in [-0.15, -0.1) is 0 Å². The third-order valence-corrected chi connectivity index (χ3v) is 3.03. The number of rotatable bonds is 4. The lowest BCUT2D eigenvalue weighted by Crippen LogP contribution is -2.24. The van der Waals surface area contributed by atoms with Gasteiger partial charge in [0.15, 0.2) is 0 Å². The van der Waals surface area contributed by atoms with E-state index in [1.54, 1.807) is 6.07 Å². The zero-order valence-corrected chi connectivity index (χ0v) is 12.8. The first-order valence-electron chi connectivity index (χ1n) is 6.82. The number of anilines is 1. The van der Waals surface area contributed by atoms with E-state index in [0.717, 1.165) is 17.1 Å². The number of benzene rings is 1. The van der Waals surface area contributed by atoms with Crippen LogP contribution in [0.2, 0.25) is 0 Å². The van der Waals surface area contributed by atoms with Crippen molar-refractivity contribution in [3.05, 3.63) is 53.0 Å². The third-order valence-electron chi connectivity index (χ3n) is 3.03. The van der Waals surface area contributed by atoms with E-state index in [2.05, 4.69) is 15.3 Å². The molecule has 0 aliphatic heterocycles. The molecule has 0 aliphatic carbocycles. The van der Waals surface area contributed by atoms with Crippen LogP contribution in [0.15, 0.2) is 30.3 Å². The van der Waals surface area contributed by atoms with E-state index in [9.17, 15) is 4.79 Å². The standard InChI is InChI=1S/C16H20N4O/c1-11-6-5-7-13(8-11)16(21)17-10-14-18-12(2)9-15(19-14)20(3)4/h5-9H,10H2,1-4H3,(H,17,21). The van der Waals surface area contributed by atoms with Gasteiger partial charge in [-0.05, 0) is 26.0 Å². The van der Waals surface area contributed by atoms with Crippen molar-refractivity contribution in [2.45, 2.75) is 20.4 Å². The van der Waals surface area contributed by atoms with Crippen molar-refractivity contribution in [3.63, 3.8) is 0 Å². The Morgan fingerprint density at radius 3 is 2.62 bits per heavy atom. The molecule has 0 radical (unpaired) electrons. The molecular weight excluding hydrogens is 264 g/mol. The van der Waals surface area contributed by atoms with Crippen molar-refractivity contribution < 1.29 is 4.79 Å². The Morgan fingerprint density at radius 1 is 1.19 bits per heavy atom. The fourth-order valence-corrected chi connectivity index (χ4v) is 1.97. The molecule has 0 spiro atoms. The lowest BCUT2D eigenvalue weighted by Gasteiger charge is -2.13. The summed E-state index contributed by atoms with van der Waals surface area (Å²) in [6.07, 6.45) is 0. The highest BCUT2D eigenvalue weighted by atomic mass is 16.1. The van der Waals surface area contributed by atoms with Crippen LogP contribution < -0.4 is 10.2 Å². The first-order chi connectivity index (χ1) is 9.95. The Kier molecular flexibility index (Phi) is 4.52. The molecule has 0 saturated heterocycles. The summed E-state index contributed by atoms with van der Waals surface area (Å²) in [7, 11) is 3.85. The second-order valence-electron chi connectivity index (χ2n) is 5.23. The van der Waals surface area contributed by atoms with Crippen LogP contribution in [0.25, 0.3) is 0 Å². The fraction of sp³-hybridized carbons (Fsp3) is 0.312. The van der Waals surface area contributed by atoms with E-state index in [4.69, 9.17) is 0 Å². The second-order valence-corrected chi connectivity index (χ2v) is 5.23. The molecule has 1 aromatic carbocycles. The van der Waals surface area contributed by atoms with E-state index < -0.39 is 0 Å². The number of nitrogens with one attached hydrogen (secondary N) is 1. The van der Waals surface area contributed by atoms with Gasteiger partial charge >= 0.3 is 0 Å². The minimum Gasteiger partial charge on any atom is -0.363 e. The molecule has 5 heteroatoms. The number of hydrogen-bond acceptors (Lipinski definition) is 4. The largest absolute Gasteiger partial charge is 0.363 e. The number of amides is 1. The molecule has 21 heavy (non-hydrogen) atoms. The molecule has 1 heterocycles. The van der Waals surface area contributed by atoms with Gasteiger partial charge in [-0.25, -0.2) is 9.97 Å². The number of aromatic nitrogens is 2. The van der Waals surface area contributed by atoms with Gasteiger partial charge in [0.1, 0.15) is 11.6 Å². The minimum absolute atomic E-state index is 0.116. The summed E-state index contributed by atoms with van der Waals surface area (Å²) in [6.45, 7) is 4.19. The van der Waals surface area contributed by atoms with Gasteiger partial charge < -0.3 is 10.2 Å². The van der Waals surface area contributed by atoms with Crippen molar-refractivity contribution in [3.8, 4) is 0 Å². The topological polar surface area (TPSA) is 58.1 Å². The van der Waals surface area contributed by atoms with Gasteiger partial charge in [0.05, 0.1) is 6.54 Å². The third kappa shape index (κ3) is 4.02. The minimum atomic E-state index is -0.116. The Labute approximate surface area is 125 Å². The van der Waals surface area contributed by atoms with Crippen molar-refractivity contribution in [2.24, 2.45) is 0 Å². The van der Waals surface area contributed by atoms with Crippen molar-refractivity contribution in [1.82, 2.24) is 15.3 Å². The summed E-state index contributed by atoms with van der Waals surface area (Å²) < 4.78 is 0. The predicted octanol–water partition coefficient (Wildman–Crippen LogP) is 2.09. The Balaban J connectivity index is 2.08. The summed E-state index contributed by atoms with van der Waals surface area (Å²) in [5.41, 5.74) is 2.59. The highest BCUT2D eigenvalue weighted by Crippen LogP contribution is 2.09. The predicted molar refractivity (Wildman–Crippen MR) is 83.4 cm³/mol. The number of carbonyl (C=O) groups is 1. The van der Waals surface area contributed by atoms with E-state index in [1.165, 1.54) is 0 Å². The maximum absolute atomic E-state index is 12.1. The fourth-order valence-electron chi connectivity index (χ4n) is 1.97. The van der Waals surface area contributed by atoms with Gasteiger partial charge in [-0.3, -0.25) is 4.79 Å². The monoisotopic (exact) mass is 284 g/mol. The first kappa shape index (κ1) is 15.0. The van der Waals surface area contributed by atoms with Gasteiger partial charge in [0, 0.05) is 31.4 Å². The highest BCUT2D eigenvalue weighted by molar-refractivity contribution is 5.94. The van der Waals surface area contributed by atoms with Crippen LogP contribution in [0.3, 0.4) is 0 Å². The number of aryl methyl sites for hydroxylation is 2. The van der Waals surface area contributed by atoms with Crippen molar-refractivity contribution >= 4 is 11.7 Å².